The molecule has 0 radical (unpaired) electrons. The highest BCUT2D eigenvalue weighted by atomic mass is 32.1. The van der Waals surface area contributed by atoms with Crippen molar-refractivity contribution in [2.75, 3.05) is 31.2 Å². The molecule has 1 aromatic carbocycles. The van der Waals surface area contributed by atoms with Crippen LogP contribution in [0.3, 0.4) is 0 Å². The Morgan fingerprint density at radius 1 is 1.16 bits per heavy atom. The van der Waals surface area contributed by atoms with Gasteiger partial charge in [0.05, 0.1) is 27.1 Å². The number of rotatable bonds is 6. The number of piperidine rings is 1. The lowest BCUT2D eigenvalue weighted by atomic mass is 9.70. The van der Waals surface area contributed by atoms with Gasteiger partial charge in [0.2, 0.25) is 5.78 Å². The summed E-state index contributed by atoms with van der Waals surface area (Å²) >= 11 is 1.80. The number of pyridine rings is 1. The molecule has 1 saturated carbocycles. The molecular formula is C29H37N5O2S. The highest BCUT2D eigenvalue weighted by Crippen LogP contribution is 2.42. The van der Waals surface area contributed by atoms with E-state index in [-0.39, 0.29) is 17.6 Å². The van der Waals surface area contributed by atoms with Crippen LogP contribution >= 0.6 is 11.3 Å². The van der Waals surface area contributed by atoms with E-state index in [9.17, 15) is 9.59 Å². The van der Waals surface area contributed by atoms with Crippen LogP contribution in [-0.2, 0) is 16.0 Å². The van der Waals surface area contributed by atoms with E-state index < -0.39 is 5.91 Å². The predicted molar refractivity (Wildman–Crippen MR) is 150 cm³/mol. The van der Waals surface area contributed by atoms with Gasteiger partial charge < -0.3 is 16.0 Å². The normalized spacial score (nSPS) is 23.3. The minimum Gasteiger partial charge on any atom is -0.383 e. The monoisotopic (exact) mass is 519 g/mol. The van der Waals surface area contributed by atoms with Crippen LogP contribution in [0.15, 0.2) is 30.5 Å². The Labute approximate surface area is 222 Å². The van der Waals surface area contributed by atoms with Crippen molar-refractivity contribution in [3.8, 4) is 0 Å². The number of carbonyl (C=O) groups is 2. The molecule has 3 heterocycles. The molecule has 7 nitrogen and oxygen atoms in total. The van der Waals surface area contributed by atoms with Crippen molar-refractivity contribution >= 4 is 44.7 Å². The number of nitrogens with zero attached hydrogens (tertiary/aromatic N) is 3. The number of nitrogens with one attached hydrogen (secondary N) is 1. The fourth-order valence-electron chi connectivity index (χ4n) is 5.93. The second-order valence-corrected chi connectivity index (χ2v) is 12.0. The third kappa shape index (κ3) is 5.55. The lowest BCUT2D eigenvalue weighted by Crippen LogP contribution is -2.36. The summed E-state index contributed by atoms with van der Waals surface area (Å²) in [5.74, 6) is 0.130. The molecule has 196 valence electrons. The molecule has 8 heteroatoms. The number of likely N-dealkylation sites (tertiary alicyclic amines) is 1. The fraction of sp³-hybridized carbons (Fsp3) is 0.517. The number of nitrogens with two attached hydrogens (primary N) is 1. The van der Waals surface area contributed by atoms with Gasteiger partial charge in [0.1, 0.15) is 5.82 Å². The first kappa shape index (κ1) is 25.8. The molecule has 2 aliphatic rings. The largest absolute Gasteiger partial charge is 0.383 e. The lowest BCUT2D eigenvalue weighted by molar-refractivity contribution is -0.138. The Morgan fingerprint density at radius 2 is 1.95 bits per heavy atom. The number of Topliss-reactive ketones (excluding diaryl/α,β-unsaturated/α-hetero) is 1. The first-order valence-electron chi connectivity index (χ1n) is 13.5. The van der Waals surface area contributed by atoms with Gasteiger partial charge in [-0.15, -0.1) is 11.3 Å². The first-order chi connectivity index (χ1) is 17.8. The molecule has 1 aliphatic carbocycles. The molecule has 3 atom stereocenters. The average molecular weight is 520 g/mol. The van der Waals surface area contributed by atoms with Crippen molar-refractivity contribution in [3.05, 3.63) is 46.6 Å². The smallest absolute Gasteiger partial charge is 0.292 e. The van der Waals surface area contributed by atoms with E-state index in [1.54, 1.807) is 17.4 Å². The van der Waals surface area contributed by atoms with Crippen LogP contribution in [-0.4, -0.2) is 46.7 Å². The number of thiazole rings is 1. The number of hydrogen-bond donors (Lipinski definition) is 2. The molecule has 5 rings (SSSR count). The second kappa shape index (κ2) is 10.9. The van der Waals surface area contributed by atoms with Crippen LogP contribution < -0.4 is 11.1 Å². The van der Waals surface area contributed by atoms with Crippen molar-refractivity contribution in [3.63, 3.8) is 0 Å². The number of nitrogen functional groups attached to an aromatic ring is 1. The molecule has 1 saturated heterocycles. The summed E-state index contributed by atoms with van der Waals surface area (Å²) in [6.45, 7) is 6.38. The molecule has 0 spiro atoms. The summed E-state index contributed by atoms with van der Waals surface area (Å²) in [6, 6.07) is 8.27. The van der Waals surface area contributed by atoms with Gasteiger partial charge in [0.25, 0.3) is 5.91 Å². The summed E-state index contributed by atoms with van der Waals surface area (Å²) in [4.78, 5) is 38.1. The molecule has 1 unspecified atom stereocenters. The van der Waals surface area contributed by atoms with Gasteiger partial charge in [-0.2, -0.15) is 0 Å². The highest BCUT2D eigenvalue weighted by Gasteiger charge is 2.38. The maximum atomic E-state index is 13.5. The molecule has 2 fully saturated rings. The van der Waals surface area contributed by atoms with Crippen LogP contribution in [0.5, 0.6) is 0 Å². The summed E-state index contributed by atoms with van der Waals surface area (Å²) in [5.41, 5.74) is 9.40. The first-order valence-corrected chi connectivity index (χ1v) is 14.3. The Morgan fingerprint density at radius 3 is 2.70 bits per heavy atom. The number of aromatic nitrogens is 2. The highest BCUT2D eigenvalue weighted by molar-refractivity contribution is 7.18. The van der Waals surface area contributed by atoms with E-state index in [0.717, 1.165) is 55.4 Å². The number of amides is 1. The lowest BCUT2D eigenvalue weighted by Gasteiger charge is -2.34. The van der Waals surface area contributed by atoms with Crippen LogP contribution in [0, 0.1) is 11.8 Å². The third-order valence-corrected chi connectivity index (χ3v) is 9.44. The SMILES string of the molecule is CCc1cc(NC(=O)C(=O)C2C[C@@H](C)CC[C@@H]2c2ccc3sc(C4CCN(C)CC4)nc3c2)cnc1N. The summed E-state index contributed by atoms with van der Waals surface area (Å²) < 4.78 is 1.20. The Balaban J connectivity index is 1.36. The maximum absolute atomic E-state index is 13.5. The van der Waals surface area contributed by atoms with Crippen molar-refractivity contribution in [1.29, 1.82) is 0 Å². The minimum atomic E-state index is -0.572. The van der Waals surface area contributed by atoms with Crippen molar-refractivity contribution in [1.82, 2.24) is 14.9 Å². The third-order valence-electron chi connectivity index (χ3n) is 8.24. The average Bonchev–Trinajstić information content (AvgIpc) is 3.33. The van der Waals surface area contributed by atoms with Crippen LogP contribution in [0.1, 0.15) is 73.9 Å². The van der Waals surface area contributed by atoms with Crippen molar-refractivity contribution < 1.29 is 9.59 Å². The molecular weight excluding hydrogens is 482 g/mol. The Hall–Kier alpha value is -2.84. The summed E-state index contributed by atoms with van der Waals surface area (Å²) in [5, 5.41) is 4.01. The second-order valence-electron chi connectivity index (χ2n) is 10.9. The van der Waals surface area contributed by atoms with Crippen LogP contribution in [0.4, 0.5) is 11.5 Å². The van der Waals surface area contributed by atoms with Crippen LogP contribution in [0.2, 0.25) is 0 Å². The van der Waals surface area contributed by atoms with E-state index in [2.05, 4.69) is 47.4 Å². The van der Waals surface area contributed by atoms with Gasteiger partial charge in [-0.05, 0) is 93.4 Å². The summed E-state index contributed by atoms with van der Waals surface area (Å²) in [7, 11) is 2.18. The number of ketones is 1. The van der Waals surface area contributed by atoms with Crippen molar-refractivity contribution in [2.24, 2.45) is 11.8 Å². The molecule has 3 N–H and O–H groups in total. The van der Waals surface area contributed by atoms with Crippen molar-refractivity contribution in [2.45, 2.75) is 64.2 Å². The Kier molecular flexibility index (Phi) is 7.58. The van der Waals surface area contributed by atoms with Gasteiger partial charge in [0.15, 0.2) is 0 Å². The number of aryl methyl sites for hydroxylation is 1. The van der Waals surface area contributed by atoms with E-state index in [4.69, 9.17) is 10.7 Å². The van der Waals surface area contributed by atoms with Gasteiger partial charge >= 0.3 is 0 Å². The van der Waals surface area contributed by atoms with Gasteiger partial charge in [-0.1, -0.05) is 26.3 Å². The number of anilines is 2. The van der Waals surface area contributed by atoms with Gasteiger partial charge in [-0.3, -0.25) is 9.59 Å². The van der Waals surface area contributed by atoms with Gasteiger partial charge in [-0.25, -0.2) is 9.97 Å². The molecule has 2 aromatic heterocycles. The number of fused-ring (bicyclic) bond motifs is 1. The number of benzene rings is 1. The number of carbonyl (C=O) groups excluding carboxylic acids is 2. The van der Waals surface area contributed by atoms with E-state index in [1.807, 2.05) is 6.92 Å². The molecule has 0 bridgehead atoms. The van der Waals surface area contributed by atoms with E-state index >= 15 is 0 Å². The minimum absolute atomic E-state index is 0.0167. The van der Waals surface area contributed by atoms with E-state index in [0.29, 0.717) is 36.2 Å². The molecule has 1 amide bonds. The molecule has 3 aromatic rings. The zero-order valence-electron chi connectivity index (χ0n) is 22.0. The quantitative estimate of drug-likeness (QED) is 0.425. The molecule has 1 aliphatic heterocycles. The predicted octanol–water partition coefficient (Wildman–Crippen LogP) is 5.37. The zero-order chi connectivity index (χ0) is 26.1. The van der Waals surface area contributed by atoms with Gasteiger partial charge in [0, 0.05) is 11.8 Å². The maximum Gasteiger partial charge on any atom is 0.292 e. The topological polar surface area (TPSA) is 101 Å². The number of hydrogen-bond acceptors (Lipinski definition) is 7. The molecule has 37 heavy (non-hydrogen) atoms. The van der Waals surface area contributed by atoms with Crippen LogP contribution in [0.25, 0.3) is 10.2 Å². The standard InChI is InChI=1S/C29H37N5O2S/c1-4-18-14-21(16-31-27(18)30)32-28(36)26(35)23-13-17(2)5-7-22(23)20-6-8-25-24(15-20)33-29(37-25)19-9-11-34(3)12-10-19/h6,8,14-17,19,22-23H,4-5,7,9-13H2,1-3H3,(H2,30,31)(H,32,36)/t17-,22+,23?/m0/s1. The summed E-state index contributed by atoms with van der Waals surface area (Å²) in [6.07, 6.45) is 7.18. The van der Waals surface area contributed by atoms with E-state index in [1.165, 1.54) is 15.9 Å². The fourth-order valence-corrected chi connectivity index (χ4v) is 7.04. The Bertz CT molecular complexity index is 1300. The zero-order valence-corrected chi connectivity index (χ0v) is 22.8.